The van der Waals surface area contributed by atoms with Crippen molar-refractivity contribution in [2.75, 3.05) is 29.0 Å². The van der Waals surface area contributed by atoms with E-state index in [-0.39, 0.29) is 22.2 Å². The third kappa shape index (κ3) is 3.81. The SMILES string of the molecule is CCN(CC)c1ncnc(Nc2cc(C(F)(F)F)ccc2Cl)c1N. The first kappa shape index (κ1) is 18.1. The van der Waals surface area contributed by atoms with Gasteiger partial charge in [0.15, 0.2) is 11.6 Å². The Bertz CT molecular complexity index is 717. The number of halogens is 4. The number of anilines is 4. The van der Waals surface area contributed by atoms with Gasteiger partial charge < -0.3 is 16.0 Å². The first-order chi connectivity index (χ1) is 11.3. The van der Waals surface area contributed by atoms with Gasteiger partial charge in [-0.25, -0.2) is 9.97 Å². The van der Waals surface area contributed by atoms with E-state index in [0.29, 0.717) is 18.9 Å². The van der Waals surface area contributed by atoms with Crippen molar-refractivity contribution < 1.29 is 13.2 Å². The number of hydrogen-bond donors (Lipinski definition) is 2. The van der Waals surface area contributed by atoms with Gasteiger partial charge in [-0.2, -0.15) is 13.2 Å². The molecular weight excluding hydrogens is 343 g/mol. The zero-order valence-corrected chi connectivity index (χ0v) is 13.9. The molecule has 0 saturated carbocycles. The molecule has 0 aliphatic carbocycles. The van der Waals surface area contributed by atoms with E-state index < -0.39 is 11.7 Å². The molecule has 0 radical (unpaired) electrons. The van der Waals surface area contributed by atoms with Crippen LogP contribution in [0, 0.1) is 0 Å². The van der Waals surface area contributed by atoms with Crippen LogP contribution in [0.4, 0.5) is 36.2 Å². The van der Waals surface area contributed by atoms with Crippen LogP contribution < -0.4 is 16.0 Å². The van der Waals surface area contributed by atoms with Crippen molar-refractivity contribution in [3.63, 3.8) is 0 Å². The average Bonchev–Trinajstić information content (AvgIpc) is 2.52. The summed E-state index contributed by atoms with van der Waals surface area (Å²) in [4.78, 5) is 10.1. The van der Waals surface area contributed by atoms with E-state index in [4.69, 9.17) is 17.3 Å². The Kier molecular flexibility index (Phi) is 5.38. The van der Waals surface area contributed by atoms with E-state index in [1.54, 1.807) is 0 Å². The van der Waals surface area contributed by atoms with Gasteiger partial charge >= 0.3 is 6.18 Å². The van der Waals surface area contributed by atoms with E-state index in [0.717, 1.165) is 12.1 Å². The minimum absolute atomic E-state index is 0.0717. The smallest absolute Gasteiger partial charge is 0.393 e. The number of nitrogens with one attached hydrogen (secondary N) is 1. The van der Waals surface area contributed by atoms with Crippen LogP contribution in [-0.4, -0.2) is 23.1 Å². The number of alkyl halides is 3. The van der Waals surface area contributed by atoms with Gasteiger partial charge in [0.1, 0.15) is 12.0 Å². The molecule has 0 bridgehead atoms. The molecule has 1 heterocycles. The minimum Gasteiger partial charge on any atom is -0.393 e. The number of nitrogens with zero attached hydrogens (tertiary/aromatic N) is 3. The molecule has 5 nitrogen and oxygen atoms in total. The van der Waals surface area contributed by atoms with Crippen LogP contribution in [0.2, 0.25) is 5.02 Å². The average molecular weight is 360 g/mol. The summed E-state index contributed by atoms with van der Waals surface area (Å²) in [6.07, 6.45) is -3.17. The molecule has 0 spiro atoms. The highest BCUT2D eigenvalue weighted by Gasteiger charge is 2.31. The fourth-order valence-corrected chi connectivity index (χ4v) is 2.35. The minimum atomic E-state index is -4.47. The molecule has 1 aromatic carbocycles. The van der Waals surface area contributed by atoms with Crippen LogP contribution >= 0.6 is 11.6 Å². The van der Waals surface area contributed by atoms with Crippen LogP contribution in [0.3, 0.4) is 0 Å². The quantitative estimate of drug-likeness (QED) is 0.832. The van der Waals surface area contributed by atoms with Gasteiger partial charge in [-0.05, 0) is 32.0 Å². The summed E-state index contributed by atoms with van der Waals surface area (Å²) in [5.41, 5.74) is 5.57. The lowest BCUT2D eigenvalue weighted by Crippen LogP contribution is -2.24. The normalized spacial score (nSPS) is 11.4. The molecule has 1 aromatic heterocycles. The lowest BCUT2D eigenvalue weighted by molar-refractivity contribution is -0.137. The first-order valence-electron chi connectivity index (χ1n) is 7.27. The topological polar surface area (TPSA) is 67.1 Å². The molecule has 0 aliphatic heterocycles. The lowest BCUT2D eigenvalue weighted by Gasteiger charge is -2.22. The Labute approximate surface area is 142 Å². The van der Waals surface area contributed by atoms with Crippen molar-refractivity contribution in [3.8, 4) is 0 Å². The molecule has 0 amide bonds. The fourth-order valence-electron chi connectivity index (χ4n) is 2.19. The van der Waals surface area contributed by atoms with Crippen molar-refractivity contribution in [1.29, 1.82) is 0 Å². The van der Waals surface area contributed by atoms with E-state index in [1.165, 1.54) is 12.4 Å². The highest BCUT2D eigenvalue weighted by atomic mass is 35.5. The summed E-state index contributed by atoms with van der Waals surface area (Å²) in [5, 5.41) is 2.89. The van der Waals surface area contributed by atoms with Gasteiger partial charge in [-0.3, -0.25) is 0 Å². The highest BCUT2D eigenvalue weighted by molar-refractivity contribution is 6.33. The standard InChI is InChI=1S/C15H17ClF3N5/c1-3-24(4-2)14-12(20)13(21-8-22-14)23-11-7-9(15(17,18)19)5-6-10(11)16/h5-8H,3-4,20H2,1-2H3,(H,21,22,23). The molecule has 9 heteroatoms. The van der Waals surface area contributed by atoms with E-state index >= 15 is 0 Å². The van der Waals surface area contributed by atoms with Crippen LogP contribution in [0.5, 0.6) is 0 Å². The predicted molar refractivity (Wildman–Crippen MR) is 89.7 cm³/mol. The Morgan fingerprint density at radius 1 is 1.21 bits per heavy atom. The van der Waals surface area contributed by atoms with Crippen LogP contribution in [0.15, 0.2) is 24.5 Å². The zero-order valence-electron chi connectivity index (χ0n) is 13.2. The second-order valence-electron chi connectivity index (χ2n) is 4.95. The maximum absolute atomic E-state index is 12.9. The Morgan fingerprint density at radius 2 is 1.88 bits per heavy atom. The number of rotatable bonds is 5. The van der Waals surface area contributed by atoms with Crippen molar-refractivity contribution in [3.05, 3.63) is 35.1 Å². The number of aromatic nitrogens is 2. The van der Waals surface area contributed by atoms with Crippen molar-refractivity contribution in [2.24, 2.45) is 0 Å². The second kappa shape index (κ2) is 7.12. The summed E-state index contributed by atoms with van der Waals surface area (Å²) >= 11 is 5.98. The summed E-state index contributed by atoms with van der Waals surface area (Å²) in [6, 6.07) is 3.01. The molecule has 0 saturated heterocycles. The largest absolute Gasteiger partial charge is 0.416 e. The zero-order chi connectivity index (χ0) is 17.9. The number of hydrogen-bond acceptors (Lipinski definition) is 5. The number of nitrogen functional groups attached to an aromatic ring is 1. The van der Waals surface area contributed by atoms with Gasteiger partial charge in [0, 0.05) is 13.1 Å². The van der Waals surface area contributed by atoms with Crippen molar-refractivity contribution >= 4 is 34.6 Å². The van der Waals surface area contributed by atoms with Gasteiger partial charge in [0.25, 0.3) is 0 Å². The Morgan fingerprint density at radius 3 is 2.46 bits per heavy atom. The maximum atomic E-state index is 12.9. The van der Waals surface area contributed by atoms with Crippen LogP contribution in [-0.2, 0) is 6.18 Å². The molecule has 2 aromatic rings. The number of nitrogens with two attached hydrogens (primary N) is 1. The van der Waals surface area contributed by atoms with Gasteiger partial charge in [-0.15, -0.1) is 0 Å². The molecule has 3 N–H and O–H groups in total. The molecule has 24 heavy (non-hydrogen) atoms. The van der Waals surface area contributed by atoms with Gasteiger partial charge in [0.05, 0.1) is 16.3 Å². The summed E-state index contributed by atoms with van der Waals surface area (Å²) < 4.78 is 38.6. The van der Waals surface area contributed by atoms with Gasteiger partial charge in [0.2, 0.25) is 0 Å². The second-order valence-corrected chi connectivity index (χ2v) is 5.36. The van der Waals surface area contributed by atoms with Crippen molar-refractivity contribution in [2.45, 2.75) is 20.0 Å². The molecule has 0 unspecified atom stereocenters. The molecular formula is C15H17ClF3N5. The fraction of sp³-hybridized carbons (Fsp3) is 0.333. The molecule has 130 valence electrons. The highest BCUT2D eigenvalue weighted by Crippen LogP contribution is 2.36. The lowest BCUT2D eigenvalue weighted by atomic mass is 10.2. The molecule has 2 rings (SSSR count). The van der Waals surface area contributed by atoms with E-state index in [1.807, 2.05) is 18.7 Å². The molecule has 0 fully saturated rings. The van der Waals surface area contributed by atoms with Gasteiger partial charge in [-0.1, -0.05) is 11.6 Å². The third-order valence-electron chi connectivity index (χ3n) is 3.47. The predicted octanol–water partition coefficient (Wildman–Crippen LogP) is 4.32. The number of benzene rings is 1. The molecule has 0 atom stereocenters. The van der Waals surface area contributed by atoms with E-state index in [2.05, 4.69) is 15.3 Å². The Hall–Kier alpha value is -2.22. The summed E-state index contributed by atoms with van der Waals surface area (Å²) in [7, 11) is 0. The monoisotopic (exact) mass is 359 g/mol. The van der Waals surface area contributed by atoms with Crippen LogP contribution in [0.1, 0.15) is 19.4 Å². The maximum Gasteiger partial charge on any atom is 0.416 e. The van der Waals surface area contributed by atoms with Crippen LogP contribution in [0.25, 0.3) is 0 Å². The molecule has 0 aliphatic rings. The summed E-state index contributed by atoms with van der Waals surface area (Å²) in [5.74, 6) is 0.716. The third-order valence-corrected chi connectivity index (χ3v) is 3.80. The first-order valence-corrected chi connectivity index (χ1v) is 7.64. The van der Waals surface area contributed by atoms with Crippen molar-refractivity contribution in [1.82, 2.24) is 9.97 Å². The summed E-state index contributed by atoms with van der Waals surface area (Å²) in [6.45, 7) is 5.26. The van der Waals surface area contributed by atoms with E-state index in [9.17, 15) is 13.2 Å². The Balaban J connectivity index is 2.40.